The van der Waals surface area contributed by atoms with Crippen LogP contribution in [0.5, 0.6) is 5.75 Å². The minimum atomic E-state index is -1.34. The monoisotopic (exact) mass is 343 g/mol. The van der Waals surface area contributed by atoms with Crippen LogP contribution in [-0.2, 0) is 17.6 Å². The molecule has 0 aliphatic heterocycles. The summed E-state index contributed by atoms with van der Waals surface area (Å²) in [6.07, 6.45) is 2.70. The van der Waals surface area contributed by atoms with Crippen molar-refractivity contribution in [2.75, 3.05) is 7.11 Å². The first-order valence-corrected chi connectivity index (χ1v) is 7.99. The molecule has 2 aromatic rings. The summed E-state index contributed by atoms with van der Waals surface area (Å²) in [5, 5.41) is 12.0. The number of nitrogens with one attached hydrogen (secondary N) is 1. The number of carbonyl (C=O) groups is 2. The largest absolute Gasteiger partial charge is 0.494 e. The standard InChI is InChI=1S/C19H18FNO4/c1-25-16-9-8-12(10-15(16)20)17(19(23)24)21-18(22)14-7-3-5-11-4-2-6-13(11)14/h3,5,7-10,17H,2,4,6H2,1H3,(H,21,22)(H,23,24). The van der Waals surface area contributed by atoms with Crippen LogP contribution >= 0.6 is 0 Å². The first-order valence-electron chi connectivity index (χ1n) is 7.99. The molecule has 2 aromatic carbocycles. The zero-order chi connectivity index (χ0) is 18.0. The van der Waals surface area contributed by atoms with Crippen molar-refractivity contribution in [2.24, 2.45) is 0 Å². The molecule has 1 aliphatic carbocycles. The third-order valence-electron chi connectivity index (χ3n) is 4.42. The van der Waals surface area contributed by atoms with Gasteiger partial charge in [0.1, 0.15) is 0 Å². The van der Waals surface area contributed by atoms with Crippen LogP contribution in [0, 0.1) is 5.82 Å². The molecule has 2 N–H and O–H groups in total. The van der Waals surface area contributed by atoms with Crippen LogP contribution in [0.15, 0.2) is 36.4 Å². The average molecular weight is 343 g/mol. The number of carboxylic acid groups (broad SMARTS) is 1. The van der Waals surface area contributed by atoms with Crippen molar-refractivity contribution in [1.82, 2.24) is 5.32 Å². The van der Waals surface area contributed by atoms with Gasteiger partial charge in [-0.05, 0) is 54.2 Å². The summed E-state index contributed by atoms with van der Waals surface area (Å²) in [5.41, 5.74) is 2.71. The average Bonchev–Trinajstić information content (AvgIpc) is 3.07. The van der Waals surface area contributed by atoms with E-state index in [2.05, 4.69) is 5.32 Å². The number of hydrogen-bond donors (Lipinski definition) is 2. The fourth-order valence-corrected chi connectivity index (χ4v) is 3.19. The topological polar surface area (TPSA) is 75.6 Å². The molecular weight excluding hydrogens is 325 g/mol. The molecule has 3 rings (SSSR count). The van der Waals surface area contributed by atoms with Crippen molar-refractivity contribution in [3.05, 3.63) is 64.5 Å². The van der Waals surface area contributed by atoms with E-state index in [9.17, 15) is 19.1 Å². The second-order valence-electron chi connectivity index (χ2n) is 5.94. The molecule has 0 radical (unpaired) electrons. The lowest BCUT2D eigenvalue weighted by atomic mass is 10.0. The quantitative estimate of drug-likeness (QED) is 0.875. The molecule has 0 spiro atoms. The van der Waals surface area contributed by atoms with Crippen LogP contribution in [0.4, 0.5) is 4.39 Å². The minimum absolute atomic E-state index is 0.0140. The highest BCUT2D eigenvalue weighted by Gasteiger charge is 2.26. The Morgan fingerprint density at radius 1 is 1.24 bits per heavy atom. The maximum atomic E-state index is 13.9. The summed E-state index contributed by atoms with van der Waals surface area (Å²) in [6.45, 7) is 0. The van der Waals surface area contributed by atoms with Crippen molar-refractivity contribution < 1.29 is 23.8 Å². The predicted octanol–water partition coefficient (Wildman–Crippen LogP) is 2.88. The summed E-state index contributed by atoms with van der Waals surface area (Å²) >= 11 is 0. The Morgan fingerprint density at radius 2 is 2.04 bits per heavy atom. The third-order valence-corrected chi connectivity index (χ3v) is 4.42. The first kappa shape index (κ1) is 17.0. The lowest BCUT2D eigenvalue weighted by Crippen LogP contribution is -2.34. The second kappa shape index (κ2) is 6.93. The van der Waals surface area contributed by atoms with Gasteiger partial charge in [0.15, 0.2) is 17.6 Å². The summed E-state index contributed by atoms with van der Waals surface area (Å²) in [4.78, 5) is 24.2. The Kier molecular flexibility index (Phi) is 4.70. The van der Waals surface area contributed by atoms with Gasteiger partial charge < -0.3 is 15.2 Å². The number of carboxylic acids is 1. The molecule has 25 heavy (non-hydrogen) atoms. The van der Waals surface area contributed by atoms with Crippen LogP contribution in [0.25, 0.3) is 0 Å². The third kappa shape index (κ3) is 3.33. The highest BCUT2D eigenvalue weighted by Crippen LogP contribution is 2.26. The first-order chi connectivity index (χ1) is 12.0. The number of fused-ring (bicyclic) bond motifs is 1. The molecule has 0 saturated heterocycles. The van der Waals surface area contributed by atoms with E-state index < -0.39 is 23.7 Å². The number of benzene rings is 2. The Morgan fingerprint density at radius 3 is 2.72 bits per heavy atom. The Labute approximate surface area is 144 Å². The van der Waals surface area contributed by atoms with E-state index in [0.717, 1.165) is 36.5 Å². The minimum Gasteiger partial charge on any atom is -0.494 e. The number of aryl methyl sites for hydroxylation is 1. The number of carbonyl (C=O) groups excluding carboxylic acids is 1. The predicted molar refractivity (Wildman–Crippen MR) is 89.3 cm³/mol. The van der Waals surface area contributed by atoms with Crippen molar-refractivity contribution in [3.63, 3.8) is 0 Å². The molecular formula is C19H18FNO4. The summed E-state index contributed by atoms with van der Waals surface area (Å²) < 4.78 is 18.7. The fraction of sp³-hybridized carbons (Fsp3) is 0.263. The van der Waals surface area contributed by atoms with Crippen LogP contribution in [0.1, 0.15) is 39.5 Å². The summed E-state index contributed by atoms with van der Waals surface area (Å²) in [7, 11) is 1.32. The van der Waals surface area contributed by atoms with Crippen molar-refractivity contribution in [1.29, 1.82) is 0 Å². The molecule has 6 heteroatoms. The SMILES string of the molecule is COc1ccc(C(NC(=O)c2cccc3c2CCC3)C(=O)O)cc1F. The van der Waals surface area contributed by atoms with Gasteiger partial charge in [0, 0.05) is 5.56 Å². The number of amides is 1. The van der Waals surface area contributed by atoms with E-state index in [0.29, 0.717) is 5.56 Å². The molecule has 0 bridgehead atoms. The van der Waals surface area contributed by atoms with Crippen LogP contribution < -0.4 is 10.1 Å². The van der Waals surface area contributed by atoms with Crippen molar-refractivity contribution >= 4 is 11.9 Å². The summed E-state index contributed by atoms with van der Waals surface area (Å²) in [5.74, 6) is -2.39. The lowest BCUT2D eigenvalue weighted by molar-refractivity contribution is -0.139. The van der Waals surface area contributed by atoms with Crippen LogP contribution in [0.3, 0.4) is 0 Å². The number of methoxy groups -OCH3 is 1. The van der Waals surface area contributed by atoms with Gasteiger partial charge >= 0.3 is 5.97 Å². The van der Waals surface area contributed by atoms with Crippen molar-refractivity contribution in [2.45, 2.75) is 25.3 Å². The van der Waals surface area contributed by atoms with Gasteiger partial charge in [-0.15, -0.1) is 0 Å². The lowest BCUT2D eigenvalue weighted by Gasteiger charge is -2.17. The van der Waals surface area contributed by atoms with E-state index in [-0.39, 0.29) is 11.3 Å². The number of halogens is 1. The Hall–Kier alpha value is -2.89. The fourth-order valence-electron chi connectivity index (χ4n) is 3.19. The van der Waals surface area contributed by atoms with Gasteiger partial charge in [0.25, 0.3) is 5.91 Å². The van der Waals surface area contributed by atoms with Gasteiger partial charge in [-0.2, -0.15) is 0 Å². The zero-order valence-electron chi connectivity index (χ0n) is 13.7. The molecule has 0 fully saturated rings. The Balaban J connectivity index is 1.88. The summed E-state index contributed by atoms with van der Waals surface area (Å²) in [6, 6.07) is 7.95. The molecule has 0 heterocycles. The molecule has 5 nitrogen and oxygen atoms in total. The highest BCUT2D eigenvalue weighted by molar-refractivity contribution is 5.98. The second-order valence-corrected chi connectivity index (χ2v) is 5.94. The van der Waals surface area contributed by atoms with Gasteiger partial charge in [-0.25, -0.2) is 9.18 Å². The van der Waals surface area contributed by atoms with Gasteiger partial charge in [-0.3, -0.25) is 4.79 Å². The number of hydrogen-bond acceptors (Lipinski definition) is 3. The smallest absolute Gasteiger partial charge is 0.330 e. The molecule has 1 unspecified atom stereocenters. The molecule has 0 saturated carbocycles. The van der Waals surface area contributed by atoms with Gasteiger partial charge in [0.05, 0.1) is 7.11 Å². The maximum absolute atomic E-state index is 13.9. The van der Waals surface area contributed by atoms with Gasteiger partial charge in [-0.1, -0.05) is 18.2 Å². The van der Waals surface area contributed by atoms with Crippen LogP contribution in [-0.4, -0.2) is 24.1 Å². The number of aliphatic carboxylic acids is 1. The Bertz CT molecular complexity index is 834. The van der Waals surface area contributed by atoms with Crippen LogP contribution in [0.2, 0.25) is 0 Å². The molecule has 1 aliphatic rings. The van der Waals surface area contributed by atoms with Crippen molar-refractivity contribution in [3.8, 4) is 5.75 Å². The number of rotatable bonds is 5. The highest BCUT2D eigenvalue weighted by atomic mass is 19.1. The molecule has 130 valence electrons. The van der Waals surface area contributed by atoms with E-state index in [4.69, 9.17) is 4.74 Å². The molecule has 0 aromatic heterocycles. The molecule has 1 amide bonds. The van der Waals surface area contributed by atoms with E-state index in [1.807, 2.05) is 6.07 Å². The normalized spacial score (nSPS) is 13.8. The van der Waals surface area contributed by atoms with E-state index in [1.165, 1.54) is 19.2 Å². The molecule has 1 atom stereocenters. The number of ether oxygens (including phenoxy) is 1. The van der Waals surface area contributed by atoms with E-state index in [1.54, 1.807) is 12.1 Å². The van der Waals surface area contributed by atoms with E-state index >= 15 is 0 Å². The van der Waals surface area contributed by atoms with Gasteiger partial charge in [0.2, 0.25) is 0 Å². The zero-order valence-corrected chi connectivity index (χ0v) is 13.7. The maximum Gasteiger partial charge on any atom is 0.330 e.